The van der Waals surface area contributed by atoms with Crippen LogP contribution >= 0.6 is 0 Å². The van der Waals surface area contributed by atoms with Crippen LogP contribution in [0, 0.1) is 0 Å². The number of nitrogens with zero attached hydrogens (tertiary/aromatic N) is 2. The van der Waals surface area contributed by atoms with Crippen molar-refractivity contribution in [2.24, 2.45) is 4.99 Å². The lowest BCUT2D eigenvalue weighted by molar-refractivity contribution is 0.0321. The first-order chi connectivity index (χ1) is 7.67. The maximum absolute atomic E-state index is 11.8. The van der Waals surface area contributed by atoms with E-state index in [2.05, 4.69) is 18.2 Å². The molecule has 0 aliphatic heterocycles. The lowest BCUT2D eigenvalue weighted by Crippen LogP contribution is -2.35. The van der Waals surface area contributed by atoms with Crippen molar-refractivity contribution in [3.8, 4) is 0 Å². The zero-order valence-electron chi connectivity index (χ0n) is 11.4. The van der Waals surface area contributed by atoms with Crippen LogP contribution in [0.25, 0.3) is 0 Å². The highest BCUT2D eigenvalue weighted by Gasteiger charge is 2.22. The Kier molecular flexibility index (Phi) is 5.65. The molecule has 4 nitrogen and oxygen atoms in total. The van der Waals surface area contributed by atoms with Crippen LogP contribution in [-0.4, -0.2) is 29.4 Å². The SMILES string of the molecule is C=C(C)C=NC(=C)N(CC)C(=O)OC(C)(C)C. The van der Waals surface area contributed by atoms with Gasteiger partial charge in [0.15, 0.2) is 0 Å². The standard InChI is InChI=1S/C13H22N2O2/c1-8-15(11(4)14-9-10(2)3)12(16)17-13(5,6)7/h9H,2,4,8H2,1,3,5-7H3. The van der Waals surface area contributed by atoms with Gasteiger partial charge in [0.25, 0.3) is 0 Å². The van der Waals surface area contributed by atoms with Gasteiger partial charge >= 0.3 is 6.09 Å². The first kappa shape index (κ1) is 15.4. The van der Waals surface area contributed by atoms with E-state index in [1.165, 1.54) is 4.90 Å². The molecule has 0 aromatic carbocycles. The molecule has 0 spiro atoms. The second kappa shape index (κ2) is 6.23. The molecule has 0 fully saturated rings. The van der Waals surface area contributed by atoms with E-state index >= 15 is 0 Å². The van der Waals surface area contributed by atoms with Gasteiger partial charge in [0.2, 0.25) is 0 Å². The second-order valence-corrected chi connectivity index (χ2v) is 4.75. The van der Waals surface area contributed by atoms with Gasteiger partial charge < -0.3 is 4.74 Å². The molecule has 0 bridgehead atoms. The number of rotatable bonds is 4. The number of hydrogen-bond donors (Lipinski definition) is 0. The summed E-state index contributed by atoms with van der Waals surface area (Å²) in [6, 6.07) is 0. The quantitative estimate of drug-likeness (QED) is 0.705. The first-order valence-corrected chi connectivity index (χ1v) is 5.56. The Balaban J connectivity index is 4.67. The van der Waals surface area contributed by atoms with Gasteiger partial charge in [0.05, 0.1) is 0 Å². The molecule has 0 heterocycles. The summed E-state index contributed by atoms with van der Waals surface area (Å²) < 4.78 is 5.25. The number of ether oxygens (including phenoxy) is 1. The summed E-state index contributed by atoms with van der Waals surface area (Å²) in [7, 11) is 0. The number of allylic oxidation sites excluding steroid dienone is 1. The molecule has 96 valence electrons. The minimum atomic E-state index is -0.525. The Hall–Kier alpha value is -1.58. The van der Waals surface area contributed by atoms with Gasteiger partial charge in [0, 0.05) is 12.8 Å². The van der Waals surface area contributed by atoms with Crippen LogP contribution in [0.15, 0.2) is 29.5 Å². The van der Waals surface area contributed by atoms with E-state index in [0.29, 0.717) is 12.4 Å². The highest BCUT2D eigenvalue weighted by Crippen LogP contribution is 2.13. The van der Waals surface area contributed by atoms with Gasteiger partial charge in [-0.1, -0.05) is 13.2 Å². The zero-order chi connectivity index (χ0) is 13.6. The summed E-state index contributed by atoms with van der Waals surface area (Å²) in [5.74, 6) is 0.352. The maximum Gasteiger partial charge on any atom is 0.415 e. The van der Waals surface area contributed by atoms with Crippen LogP contribution in [-0.2, 0) is 4.74 Å². The van der Waals surface area contributed by atoms with E-state index in [1.807, 2.05) is 34.6 Å². The summed E-state index contributed by atoms with van der Waals surface area (Å²) in [5.41, 5.74) is 0.273. The Morgan fingerprint density at radius 2 is 1.94 bits per heavy atom. The van der Waals surface area contributed by atoms with E-state index in [-0.39, 0.29) is 0 Å². The van der Waals surface area contributed by atoms with Gasteiger partial charge in [-0.2, -0.15) is 0 Å². The molecule has 0 aromatic rings. The van der Waals surface area contributed by atoms with Crippen LogP contribution in [0.5, 0.6) is 0 Å². The second-order valence-electron chi connectivity index (χ2n) is 4.75. The topological polar surface area (TPSA) is 41.9 Å². The Morgan fingerprint density at radius 1 is 1.41 bits per heavy atom. The Labute approximate surface area is 104 Å². The van der Waals surface area contributed by atoms with Gasteiger partial charge in [-0.3, -0.25) is 4.90 Å². The predicted octanol–water partition coefficient (Wildman–Crippen LogP) is 3.36. The summed E-state index contributed by atoms with van der Waals surface area (Å²) in [6.07, 6.45) is 1.12. The van der Waals surface area contributed by atoms with Crippen LogP contribution < -0.4 is 0 Å². The van der Waals surface area contributed by atoms with Crippen LogP contribution in [0.4, 0.5) is 4.79 Å². The predicted molar refractivity (Wildman–Crippen MR) is 71.1 cm³/mol. The number of aliphatic imine (C=N–C) groups is 1. The molecule has 0 saturated heterocycles. The van der Waals surface area contributed by atoms with Crippen LogP contribution in [0.3, 0.4) is 0 Å². The molecule has 0 saturated carbocycles. The highest BCUT2D eigenvalue weighted by molar-refractivity contribution is 5.78. The van der Waals surface area contributed by atoms with Crippen molar-refractivity contribution in [3.05, 3.63) is 24.6 Å². The van der Waals surface area contributed by atoms with Crippen molar-refractivity contribution in [2.45, 2.75) is 40.2 Å². The summed E-state index contributed by atoms with van der Waals surface area (Å²) in [6.45, 7) is 17.0. The molecule has 0 rings (SSSR count). The molecule has 0 radical (unpaired) electrons. The largest absolute Gasteiger partial charge is 0.443 e. The van der Waals surface area contributed by atoms with Crippen molar-refractivity contribution in [3.63, 3.8) is 0 Å². The summed E-state index contributed by atoms with van der Waals surface area (Å²) in [5, 5.41) is 0. The molecule has 0 aromatic heterocycles. The minimum absolute atomic E-state index is 0.352. The summed E-state index contributed by atoms with van der Waals surface area (Å²) in [4.78, 5) is 17.3. The van der Waals surface area contributed by atoms with Crippen molar-refractivity contribution in [1.82, 2.24) is 4.90 Å². The smallest absolute Gasteiger partial charge is 0.415 e. The van der Waals surface area contributed by atoms with Gasteiger partial charge in [-0.15, -0.1) is 0 Å². The first-order valence-electron chi connectivity index (χ1n) is 5.56. The van der Waals surface area contributed by atoms with Crippen molar-refractivity contribution >= 4 is 12.3 Å². The molecule has 0 atom stereocenters. The maximum atomic E-state index is 11.8. The molecule has 17 heavy (non-hydrogen) atoms. The number of carbonyl (C=O) groups excluding carboxylic acids is 1. The zero-order valence-corrected chi connectivity index (χ0v) is 11.4. The molecule has 0 unspecified atom stereocenters. The van der Waals surface area contributed by atoms with Crippen molar-refractivity contribution in [1.29, 1.82) is 0 Å². The molecular formula is C13H22N2O2. The Bertz CT molecular complexity index is 338. The molecule has 0 N–H and O–H groups in total. The Morgan fingerprint density at radius 3 is 2.29 bits per heavy atom. The molecular weight excluding hydrogens is 216 g/mol. The minimum Gasteiger partial charge on any atom is -0.443 e. The fourth-order valence-corrected chi connectivity index (χ4v) is 0.988. The number of hydrogen-bond acceptors (Lipinski definition) is 3. The van der Waals surface area contributed by atoms with Gasteiger partial charge in [0.1, 0.15) is 11.4 Å². The number of amides is 1. The van der Waals surface area contributed by atoms with Crippen molar-refractivity contribution in [2.75, 3.05) is 6.54 Å². The highest BCUT2D eigenvalue weighted by atomic mass is 16.6. The van der Waals surface area contributed by atoms with E-state index < -0.39 is 11.7 Å². The third-order valence-electron chi connectivity index (χ3n) is 1.68. The molecule has 0 aliphatic rings. The third kappa shape index (κ3) is 6.56. The molecule has 4 heteroatoms. The van der Waals surface area contributed by atoms with E-state index in [4.69, 9.17) is 4.74 Å². The molecule has 1 amide bonds. The average molecular weight is 238 g/mol. The van der Waals surface area contributed by atoms with Gasteiger partial charge in [-0.25, -0.2) is 9.79 Å². The van der Waals surface area contributed by atoms with Crippen molar-refractivity contribution < 1.29 is 9.53 Å². The van der Waals surface area contributed by atoms with Crippen LogP contribution in [0.2, 0.25) is 0 Å². The van der Waals surface area contributed by atoms with E-state index in [0.717, 1.165) is 5.57 Å². The lowest BCUT2D eigenvalue weighted by Gasteiger charge is -2.26. The van der Waals surface area contributed by atoms with Crippen LogP contribution in [0.1, 0.15) is 34.6 Å². The fourth-order valence-electron chi connectivity index (χ4n) is 0.988. The normalized spacial score (nSPS) is 11.4. The lowest BCUT2D eigenvalue weighted by atomic mass is 10.2. The average Bonchev–Trinajstić information content (AvgIpc) is 2.12. The molecule has 0 aliphatic carbocycles. The van der Waals surface area contributed by atoms with E-state index in [1.54, 1.807) is 6.21 Å². The number of carbonyl (C=O) groups is 1. The fraction of sp³-hybridized carbons (Fsp3) is 0.538. The third-order valence-corrected chi connectivity index (χ3v) is 1.68. The summed E-state index contributed by atoms with van der Waals surface area (Å²) >= 11 is 0. The monoisotopic (exact) mass is 238 g/mol. The van der Waals surface area contributed by atoms with E-state index in [9.17, 15) is 4.79 Å². The van der Waals surface area contributed by atoms with Gasteiger partial charge in [-0.05, 0) is 40.2 Å².